The third-order valence-electron chi connectivity index (χ3n) is 3.16. The number of carbonyl (C=O) groups excluding carboxylic acids is 1. The van der Waals surface area contributed by atoms with E-state index in [9.17, 15) is 4.79 Å². The first kappa shape index (κ1) is 12.4. The number of hydrogen-bond donors (Lipinski definition) is 0. The molecule has 4 heteroatoms. The highest BCUT2D eigenvalue weighted by molar-refractivity contribution is 5.82. The first-order valence-electron chi connectivity index (χ1n) is 5.72. The van der Waals surface area contributed by atoms with E-state index in [1.807, 2.05) is 37.7 Å². The molecule has 0 amide bonds. The molecular formula is C14H16N2O2. The average molecular weight is 244 g/mol. The number of aromatic nitrogens is 2. The van der Waals surface area contributed by atoms with Crippen molar-refractivity contribution >= 4 is 6.29 Å². The Morgan fingerprint density at radius 3 is 2.56 bits per heavy atom. The van der Waals surface area contributed by atoms with Crippen LogP contribution < -0.4 is 4.74 Å². The average Bonchev–Trinajstić information content (AvgIpc) is 2.62. The Kier molecular flexibility index (Phi) is 3.19. The van der Waals surface area contributed by atoms with Gasteiger partial charge in [0, 0.05) is 18.3 Å². The molecule has 0 aliphatic rings. The SMILES string of the molecule is COc1cc(-c2c(C)nn(C)c2C)ccc1C=O. The Balaban J connectivity index is 2.61. The smallest absolute Gasteiger partial charge is 0.153 e. The number of aldehydes is 1. The molecule has 0 spiro atoms. The van der Waals surface area contributed by atoms with Gasteiger partial charge in [0.25, 0.3) is 0 Å². The van der Waals surface area contributed by atoms with Gasteiger partial charge in [-0.3, -0.25) is 9.48 Å². The van der Waals surface area contributed by atoms with E-state index in [0.717, 1.165) is 28.8 Å². The van der Waals surface area contributed by atoms with Gasteiger partial charge in [-0.15, -0.1) is 0 Å². The van der Waals surface area contributed by atoms with Crippen molar-refractivity contribution in [1.29, 1.82) is 0 Å². The molecule has 2 aromatic rings. The monoisotopic (exact) mass is 244 g/mol. The van der Waals surface area contributed by atoms with Crippen molar-refractivity contribution in [3.8, 4) is 16.9 Å². The predicted octanol–water partition coefficient (Wildman–Crippen LogP) is 2.53. The molecule has 0 bridgehead atoms. The lowest BCUT2D eigenvalue weighted by molar-refractivity contribution is 0.112. The predicted molar refractivity (Wildman–Crippen MR) is 70.1 cm³/mol. The largest absolute Gasteiger partial charge is 0.496 e. The molecule has 4 nitrogen and oxygen atoms in total. The van der Waals surface area contributed by atoms with Crippen molar-refractivity contribution in [2.75, 3.05) is 7.11 Å². The van der Waals surface area contributed by atoms with Crippen LogP contribution >= 0.6 is 0 Å². The molecule has 94 valence electrons. The Labute approximate surface area is 106 Å². The van der Waals surface area contributed by atoms with E-state index in [1.165, 1.54) is 0 Å². The van der Waals surface area contributed by atoms with Crippen LogP contribution in [0.15, 0.2) is 18.2 Å². The van der Waals surface area contributed by atoms with Gasteiger partial charge in [-0.05, 0) is 31.5 Å². The van der Waals surface area contributed by atoms with Gasteiger partial charge >= 0.3 is 0 Å². The van der Waals surface area contributed by atoms with E-state index in [-0.39, 0.29) is 0 Å². The minimum atomic E-state index is 0.556. The molecule has 1 heterocycles. The van der Waals surface area contributed by atoms with Crippen LogP contribution in [-0.4, -0.2) is 23.2 Å². The second-order valence-corrected chi connectivity index (χ2v) is 4.24. The maximum Gasteiger partial charge on any atom is 0.153 e. The van der Waals surface area contributed by atoms with Gasteiger partial charge in [0.1, 0.15) is 5.75 Å². The number of ether oxygens (including phenoxy) is 1. The second kappa shape index (κ2) is 4.64. The van der Waals surface area contributed by atoms with E-state index in [2.05, 4.69) is 5.10 Å². The van der Waals surface area contributed by atoms with Gasteiger partial charge in [0.2, 0.25) is 0 Å². The van der Waals surface area contributed by atoms with Crippen molar-refractivity contribution in [1.82, 2.24) is 9.78 Å². The standard InChI is InChI=1S/C14H16N2O2/c1-9-14(10(2)16(3)15-9)11-5-6-12(8-17)13(7-11)18-4/h5-8H,1-4H3. The highest BCUT2D eigenvalue weighted by atomic mass is 16.5. The first-order chi connectivity index (χ1) is 8.58. The number of methoxy groups -OCH3 is 1. The van der Waals surface area contributed by atoms with Gasteiger partial charge in [-0.1, -0.05) is 6.07 Å². The molecule has 0 aliphatic heterocycles. The lowest BCUT2D eigenvalue weighted by atomic mass is 10.0. The lowest BCUT2D eigenvalue weighted by Crippen LogP contribution is -1.94. The topological polar surface area (TPSA) is 44.1 Å². The zero-order chi connectivity index (χ0) is 13.3. The summed E-state index contributed by atoms with van der Waals surface area (Å²) in [6, 6.07) is 5.57. The summed E-state index contributed by atoms with van der Waals surface area (Å²) >= 11 is 0. The molecule has 0 saturated heterocycles. The van der Waals surface area contributed by atoms with E-state index in [4.69, 9.17) is 4.74 Å². The van der Waals surface area contributed by atoms with Gasteiger partial charge < -0.3 is 4.74 Å². The maximum absolute atomic E-state index is 10.9. The van der Waals surface area contributed by atoms with E-state index in [1.54, 1.807) is 13.2 Å². The Bertz CT molecular complexity index is 600. The van der Waals surface area contributed by atoms with Gasteiger partial charge in [-0.25, -0.2) is 0 Å². The molecule has 1 aromatic heterocycles. The van der Waals surface area contributed by atoms with Crippen LogP contribution in [-0.2, 0) is 7.05 Å². The fraction of sp³-hybridized carbons (Fsp3) is 0.286. The summed E-state index contributed by atoms with van der Waals surface area (Å²) in [7, 11) is 3.48. The third-order valence-corrected chi connectivity index (χ3v) is 3.16. The maximum atomic E-state index is 10.9. The fourth-order valence-corrected chi connectivity index (χ4v) is 2.16. The number of benzene rings is 1. The fourth-order valence-electron chi connectivity index (χ4n) is 2.16. The molecule has 0 aliphatic carbocycles. The van der Waals surface area contributed by atoms with Crippen molar-refractivity contribution in [2.24, 2.45) is 7.05 Å². The lowest BCUT2D eigenvalue weighted by Gasteiger charge is -2.07. The molecule has 0 atom stereocenters. The summed E-state index contributed by atoms with van der Waals surface area (Å²) in [6.45, 7) is 4.00. The van der Waals surface area contributed by atoms with Crippen LogP contribution in [0.4, 0.5) is 0 Å². The van der Waals surface area contributed by atoms with Crippen molar-refractivity contribution in [3.05, 3.63) is 35.2 Å². The zero-order valence-electron chi connectivity index (χ0n) is 11.0. The summed E-state index contributed by atoms with van der Waals surface area (Å²) in [4.78, 5) is 10.9. The normalized spacial score (nSPS) is 10.4. The second-order valence-electron chi connectivity index (χ2n) is 4.24. The number of nitrogens with zero attached hydrogens (tertiary/aromatic N) is 2. The van der Waals surface area contributed by atoms with Gasteiger partial charge in [0.15, 0.2) is 6.29 Å². The summed E-state index contributed by atoms with van der Waals surface area (Å²) in [5.74, 6) is 0.588. The molecule has 1 aromatic carbocycles. The summed E-state index contributed by atoms with van der Waals surface area (Å²) in [5, 5.41) is 4.39. The highest BCUT2D eigenvalue weighted by Crippen LogP contribution is 2.30. The van der Waals surface area contributed by atoms with Crippen molar-refractivity contribution < 1.29 is 9.53 Å². The number of hydrogen-bond acceptors (Lipinski definition) is 3. The van der Waals surface area contributed by atoms with Crippen LogP contribution in [0, 0.1) is 13.8 Å². The molecule has 0 saturated carbocycles. The van der Waals surface area contributed by atoms with Crippen molar-refractivity contribution in [3.63, 3.8) is 0 Å². The van der Waals surface area contributed by atoms with Crippen LogP contribution in [0.25, 0.3) is 11.1 Å². The van der Waals surface area contributed by atoms with Crippen molar-refractivity contribution in [2.45, 2.75) is 13.8 Å². The first-order valence-corrected chi connectivity index (χ1v) is 5.72. The minimum Gasteiger partial charge on any atom is -0.496 e. The van der Waals surface area contributed by atoms with E-state index < -0.39 is 0 Å². The van der Waals surface area contributed by atoms with Crippen LogP contribution in [0.3, 0.4) is 0 Å². The number of aryl methyl sites for hydroxylation is 2. The van der Waals surface area contributed by atoms with E-state index in [0.29, 0.717) is 11.3 Å². The highest BCUT2D eigenvalue weighted by Gasteiger charge is 2.13. The molecule has 0 unspecified atom stereocenters. The molecular weight excluding hydrogens is 228 g/mol. The van der Waals surface area contributed by atoms with Gasteiger partial charge in [-0.2, -0.15) is 5.10 Å². The molecule has 0 radical (unpaired) electrons. The quantitative estimate of drug-likeness (QED) is 0.779. The molecule has 18 heavy (non-hydrogen) atoms. The molecule has 0 N–H and O–H groups in total. The number of carbonyl (C=O) groups is 1. The Hall–Kier alpha value is -2.10. The number of rotatable bonds is 3. The van der Waals surface area contributed by atoms with Crippen LogP contribution in [0.1, 0.15) is 21.7 Å². The minimum absolute atomic E-state index is 0.556. The zero-order valence-corrected chi connectivity index (χ0v) is 11.0. The van der Waals surface area contributed by atoms with Gasteiger partial charge in [0.05, 0.1) is 18.4 Å². The summed E-state index contributed by atoms with van der Waals surface area (Å²) in [5.41, 5.74) is 4.72. The third kappa shape index (κ3) is 1.90. The summed E-state index contributed by atoms with van der Waals surface area (Å²) in [6.07, 6.45) is 0.797. The van der Waals surface area contributed by atoms with Crippen LogP contribution in [0.5, 0.6) is 5.75 Å². The van der Waals surface area contributed by atoms with E-state index >= 15 is 0 Å². The molecule has 0 fully saturated rings. The Morgan fingerprint density at radius 1 is 1.33 bits per heavy atom. The molecule has 2 rings (SSSR count). The van der Waals surface area contributed by atoms with Crippen LogP contribution in [0.2, 0.25) is 0 Å². The summed E-state index contributed by atoms with van der Waals surface area (Å²) < 4.78 is 7.08. The Morgan fingerprint density at radius 2 is 2.06 bits per heavy atom.